The van der Waals surface area contributed by atoms with Gasteiger partial charge in [0.25, 0.3) is 11.7 Å². The molecular formula is C52H63N3O12. The first-order valence-corrected chi connectivity index (χ1v) is 23.4. The number of ketones is 1. The first-order chi connectivity index (χ1) is 31.8. The highest BCUT2D eigenvalue weighted by Crippen LogP contribution is 2.50. The van der Waals surface area contributed by atoms with Gasteiger partial charge in [-0.2, -0.15) is 0 Å². The van der Waals surface area contributed by atoms with E-state index in [1.165, 1.54) is 53.4 Å². The van der Waals surface area contributed by atoms with E-state index in [-0.39, 0.29) is 79.6 Å². The van der Waals surface area contributed by atoms with Crippen LogP contribution in [-0.4, -0.2) is 94.7 Å². The van der Waals surface area contributed by atoms with Gasteiger partial charge in [0.15, 0.2) is 11.3 Å². The molecule has 15 heteroatoms. The number of allylic oxidation sites excluding steroid dienone is 2. The van der Waals surface area contributed by atoms with E-state index in [1.54, 1.807) is 49.4 Å². The van der Waals surface area contributed by atoms with Gasteiger partial charge in [-0.3, -0.25) is 24.1 Å². The number of Topliss-reactive ketones (excluding diaryl/α,β-unsaturated/α-hetero) is 1. The van der Waals surface area contributed by atoms with Crippen molar-refractivity contribution < 1.29 is 52.7 Å². The minimum absolute atomic E-state index is 0.0134. The van der Waals surface area contributed by atoms with Crippen molar-refractivity contribution in [3.63, 3.8) is 0 Å². The number of rotatable bonds is 6. The van der Waals surface area contributed by atoms with E-state index in [0.717, 1.165) is 19.0 Å². The molecule has 6 aliphatic rings. The average Bonchev–Trinajstić information content (AvgIpc) is 4.01. The predicted octanol–water partition coefficient (Wildman–Crippen LogP) is 8.09. The number of hydrogen-bond donors (Lipinski definition) is 3. The molecule has 0 spiro atoms. The monoisotopic (exact) mass is 921 g/mol. The average molecular weight is 922 g/mol. The second-order valence-corrected chi connectivity index (χ2v) is 19.4. The van der Waals surface area contributed by atoms with Crippen molar-refractivity contribution >= 4 is 45.2 Å². The van der Waals surface area contributed by atoms with E-state index in [0.29, 0.717) is 23.9 Å². The van der Waals surface area contributed by atoms with E-state index in [4.69, 9.17) is 33.1 Å². The Morgan fingerprint density at radius 2 is 1.78 bits per heavy atom. The summed E-state index contributed by atoms with van der Waals surface area (Å²) in [6.45, 7) is 17.9. The molecule has 4 heterocycles. The Labute approximate surface area is 390 Å². The smallest absolute Gasteiger partial charge is 0.312 e. The molecule has 2 aromatic carbocycles. The van der Waals surface area contributed by atoms with Gasteiger partial charge in [0.2, 0.25) is 5.43 Å². The Morgan fingerprint density at radius 1 is 1.01 bits per heavy atom. The molecule has 2 fully saturated rings. The largest absolute Gasteiger partial charge is 0.507 e. The molecular weight excluding hydrogens is 859 g/mol. The predicted molar refractivity (Wildman–Crippen MR) is 252 cm³/mol. The van der Waals surface area contributed by atoms with Gasteiger partial charge in [-0.25, -0.2) is 4.98 Å². The zero-order chi connectivity index (χ0) is 48.2. The number of anilines is 1. The van der Waals surface area contributed by atoms with Crippen LogP contribution < -0.4 is 20.2 Å². The number of amides is 1. The molecule has 2 unspecified atom stereocenters. The molecule has 1 amide bonds. The van der Waals surface area contributed by atoms with Gasteiger partial charge in [-0.1, -0.05) is 52.8 Å². The maximum absolute atomic E-state index is 14.8. The Morgan fingerprint density at radius 3 is 2.46 bits per heavy atom. The van der Waals surface area contributed by atoms with Crippen LogP contribution in [0.5, 0.6) is 17.2 Å². The van der Waals surface area contributed by atoms with Crippen LogP contribution in [0.3, 0.4) is 0 Å². The Hall–Kier alpha value is -5.77. The molecule has 358 valence electrons. The number of ether oxygens (including phenoxy) is 5. The number of aliphatic hydroxyl groups excluding tert-OH is 1. The van der Waals surface area contributed by atoms with Crippen LogP contribution in [0.1, 0.15) is 90.6 Å². The van der Waals surface area contributed by atoms with Gasteiger partial charge in [0, 0.05) is 74.5 Å². The molecule has 6 bridgehead atoms. The Balaban J connectivity index is 1.25. The second kappa shape index (κ2) is 18.7. The third kappa shape index (κ3) is 8.81. The summed E-state index contributed by atoms with van der Waals surface area (Å²) in [4.78, 5) is 63.6. The van der Waals surface area contributed by atoms with Crippen molar-refractivity contribution in [3.8, 4) is 28.7 Å². The van der Waals surface area contributed by atoms with Gasteiger partial charge in [-0.05, 0) is 75.0 Å². The van der Waals surface area contributed by atoms with E-state index in [9.17, 15) is 29.4 Å². The number of nitrogens with zero attached hydrogens (tertiary/aromatic N) is 2. The molecule has 2 aliphatic carbocycles. The van der Waals surface area contributed by atoms with Crippen LogP contribution in [0.2, 0.25) is 0 Å². The summed E-state index contributed by atoms with van der Waals surface area (Å²) < 4.78 is 37.0. The fourth-order valence-electron chi connectivity index (χ4n) is 10.7. The molecule has 4 aliphatic heterocycles. The standard InChI is InChI=1S/C52H63N3O12/c1-25-12-11-13-26(2)51(61)54-43-46(59)40-39(42-49(43)66-38-23-35(16-17-36(38)53-42)63-21-19-55-24-33-14-15-34(55)22-33)41-48(31(7)45(40)58)67-52(9,50(41)60)64-20-18-37(62-10)30(6)47(65-32(8)56)29(5)27(3)28(4)44(25)57/h11-13,16-18,20,23,25,27-30,33-34,37,44,47,57-58H,14-15,19,21-22,24H2,1-10H3,(H,54,61)/b12-11+,20-18+,26-13-/t25-,27+,28-,29+,30+,33?,34?,37-,44-,47-,52-/m0/s1. The topological polar surface area (TPSA) is 196 Å². The van der Waals surface area contributed by atoms with Gasteiger partial charge >= 0.3 is 11.8 Å². The number of aromatic hydroxyl groups is 1. The van der Waals surface area contributed by atoms with Crippen LogP contribution >= 0.6 is 0 Å². The molecule has 3 N–H and O–H groups in total. The van der Waals surface area contributed by atoms with Crippen molar-refractivity contribution in [1.82, 2.24) is 9.88 Å². The molecule has 11 atom stereocenters. The number of phenolic OH excluding ortho intramolecular Hbond substituents is 1. The zero-order valence-electron chi connectivity index (χ0n) is 40.0. The lowest BCUT2D eigenvalue weighted by Crippen LogP contribution is -2.43. The van der Waals surface area contributed by atoms with Crippen LogP contribution in [0, 0.1) is 42.4 Å². The molecule has 0 aromatic heterocycles. The zero-order valence-corrected chi connectivity index (χ0v) is 40.0. The number of aliphatic hydroxyl groups is 1. The number of piperidine rings is 1. The maximum atomic E-state index is 14.8. The van der Waals surface area contributed by atoms with Crippen molar-refractivity contribution in [1.29, 1.82) is 0 Å². The normalized spacial score (nSPS) is 32.3. The lowest BCUT2D eigenvalue weighted by atomic mass is 9.73. The summed E-state index contributed by atoms with van der Waals surface area (Å²) in [7, 11) is 1.51. The minimum Gasteiger partial charge on any atom is -0.507 e. The van der Waals surface area contributed by atoms with E-state index in [2.05, 4.69) is 10.2 Å². The fraction of sp³-hybridized carbons (Fsp3) is 0.519. The van der Waals surface area contributed by atoms with Crippen LogP contribution in [-0.2, 0) is 23.8 Å². The summed E-state index contributed by atoms with van der Waals surface area (Å²) in [5, 5.41) is 25.9. The molecule has 0 radical (unpaired) electrons. The molecule has 1 saturated heterocycles. The highest BCUT2D eigenvalue weighted by Gasteiger charge is 2.50. The van der Waals surface area contributed by atoms with Crippen LogP contribution in [0.4, 0.5) is 5.69 Å². The number of carbonyl (C=O) groups excluding carboxylic acids is 3. The number of benzene rings is 3. The van der Waals surface area contributed by atoms with Crippen molar-refractivity contribution in [2.75, 3.05) is 32.1 Å². The van der Waals surface area contributed by atoms with E-state index in [1.807, 2.05) is 34.6 Å². The summed E-state index contributed by atoms with van der Waals surface area (Å²) in [5.74, 6) is -4.55. The number of fused-ring (bicyclic) bond motifs is 4. The van der Waals surface area contributed by atoms with Gasteiger partial charge in [-0.15, -0.1) is 0 Å². The SMILES string of the molecule is CO[C@H]1/C=C/O[C@@]2(C)Oc3c(C)c(O)c4c(=O)c(c5oc6cc(OCCN7CC8CCC7C8)ccc6nc-5c4c3C2=O)NC(=O)/C(C)=C\C=C\[C@H](C)[C@H](O)[C@@H](C)[C@@H](C)[C@@H](C)[C@H](OC(C)=O)[C@@H]1C. The fourth-order valence-corrected chi connectivity index (χ4v) is 10.7. The first-order valence-electron chi connectivity index (χ1n) is 23.4. The third-order valence-electron chi connectivity index (χ3n) is 15.1. The van der Waals surface area contributed by atoms with Gasteiger partial charge in [0.05, 0.1) is 29.4 Å². The number of phenols is 1. The quantitative estimate of drug-likeness (QED) is 0.0954. The molecule has 1 saturated carbocycles. The summed E-state index contributed by atoms with van der Waals surface area (Å²) in [6, 6.07) is 5.76. The van der Waals surface area contributed by atoms with Gasteiger partial charge < -0.3 is 43.6 Å². The summed E-state index contributed by atoms with van der Waals surface area (Å²) >= 11 is 0. The number of methoxy groups -OCH3 is 1. The molecule has 8 rings (SSSR count). The number of aromatic nitrogens is 1. The van der Waals surface area contributed by atoms with Crippen LogP contribution in [0.15, 0.2) is 63.6 Å². The second-order valence-electron chi connectivity index (χ2n) is 19.4. The third-order valence-corrected chi connectivity index (χ3v) is 15.1. The maximum Gasteiger partial charge on any atom is 0.312 e. The van der Waals surface area contributed by atoms with Gasteiger partial charge in [0.1, 0.15) is 46.9 Å². The number of likely N-dealkylation sites (tertiary alicyclic amines) is 1. The lowest BCUT2D eigenvalue weighted by Gasteiger charge is -2.39. The highest BCUT2D eigenvalue weighted by atomic mass is 16.7. The number of esters is 1. The summed E-state index contributed by atoms with van der Waals surface area (Å²) in [5.41, 5.74) is -0.241. The lowest BCUT2D eigenvalue weighted by molar-refractivity contribution is -0.157. The van der Waals surface area contributed by atoms with E-state index >= 15 is 0 Å². The number of hydrogen-bond acceptors (Lipinski definition) is 14. The van der Waals surface area contributed by atoms with Crippen LogP contribution in [0.25, 0.3) is 33.3 Å². The Kier molecular flexibility index (Phi) is 13.3. The number of carbonyl (C=O) groups is 3. The van der Waals surface area contributed by atoms with Crippen molar-refractivity contribution in [3.05, 3.63) is 75.7 Å². The van der Waals surface area contributed by atoms with Crippen molar-refractivity contribution in [2.24, 2.45) is 35.5 Å². The van der Waals surface area contributed by atoms with Crippen molar-refractivity contribution in [2.45, 2.75) is 112 Å². The minimum atomic E-state index is -1.99. The molecule has 15 nitrogen and oxygen atoms in total. The Bertz CT molecular complexity index is 2720. The first kappa shape index (κ1) is 47.7. The van der Waals surface area contributed by atoms with E-state index < -0.39 is 58.9 Å². The highest BCUT2D eigenvalue weighted by molar-refractivity contribution is 6.22. The molecule has 2 aromatic rings. The summed E-state index contributed by atoms with van der Waals surface area (Å²) in [6.07, 6.45) is 9.55. The number of nitrogens with one attached hydrogen (secondary N) is 1. The molecule has 67 heavy (non-hydrogen) atoms.